The first-order valence-electron chi connectivity index (χ1n) is 4.18. The van der Waals surface area contributed by atoms with E-state index in [-0.39, 0.29) is 16.3 Å². The van der Waals surface area contributed by atoms with Crippen molar-refractivity contribution in [3.8, 4) is 0 Å². The van der Waals surface area contributed by atoms with Gasteiger partial charge < -0.3 is 5.73 Å². The standard InChI is InChI=1S/C10H12ClF2N/c1-10(2,3)7-8(11)6(14)4-5(12)9(7)13/h4H,14H2,1-3H3. The van der Waals surface area contributed by atoms with Gasteiger partial charge in [-0.2, -0.15) is 0 Å². The zero-order valence-electron chi connectivity index (χ0n) is 8.29. The van der Waals surface area contributed by atoms with E-state index in [1.165, 1.54) is 0 Å². The number of nitrogen functional groups attached to an aromatic ring is 1. The average Bonchev–Trinajstić information content (AvgIpc) is 1.98. The third kappa shape index (κ3) is 1.82. The molecule has 0 spiro atoms. The molecule has 0 atom stereocenters. The third-order valence-corrected chi connectivity index (χ3v) is 2.34. The zero-order chi connectivity index (χ0) is 11.1. The monoisotopic (exact) mass is 219 g/mol. The van der Waals surface area contributed by atoms with Gasteiger partial charge in [0.1, 0.15) is 0 Å². The van der Waals surface area contributed by atoms with Crippen LogP contribution in [-0.2, 0) is 5.41 Å². The van der Waals surface area contributed by atoms with Crippen LogP contribution in [0.15, 0.2) is 6.07 Å². The molecule has 0 aliphatic heterocycles. The fourth-order valence-electron chi connectivity index (χ4n) is 1.28. The average molecular weight is 220 g/mol. The Morgan fingerprint density at radius 1 is 1.29 bits per heavy atom. The van der Waals surface area contributed by atoms with Crippen LogP contribution in [0.2, 0.25) is 5.02 Å². The summed E-state index contributed by atoms with van der Waals surface area (Å²) in [4.78, 5) is 0. The molecule has 0 saturated heterocycles. The molecule has 1 aromatic rings. The Morgan fingerprint density at radius 2 is 1.79 bits per heavy atom. The summed E-state index contributed by atoms with van der Waals surface area (Å²) >= 11 is 5.82. The molecule has 0 radical (unpaired) electrons. The van der Waals surface area contributed by atoms with Crippen LogP contribution >= 0.6 is 11.6 Å². The Morgan fingerprint density at radius 3 is 2.21 bits per heavy atom. The van der Waals surface area contributed by atoms with E-state index in [2.05, 4.69) is 0 Å². The van der Waals surface area contributed by atoms with E-state index in [1.54, 1.807) is 20.8 Å². The van der Waals surface area contributed by atoms with E-state index >= 15 is 0 Å². The second-order valence-corrected chi connectivity index (χ2v) is 4.58. The molecule has 1 aromatic carbocycles. The van der Waals surface area contributed by atoms with Gasteiger partial charge in [0.05, 0.1) is 10.7 Å². The van der Waals surface area contributed by atoms with Crippen LogP contribution < -0.4 is 5.73 Å². The Kier molecular flexibility index (Phi) is 2.72. The molecule has 0 saturated carbocycles. The van der Waals surface area contributed by atoms with Gasteiger partial charge >= 0.3 is 0 Å². The van der Waals surface area contributed by atoms with Crippen LogP contribution in [0.1, 0.15) is 26.3 Å². The molecule has 0 heterocycles. The first-order chi connectivity index (χ1) is 6.25. The minimum Gasteiger partial charge on any atom is -0.397 e. The highest BCUT2D eigenvalue weighted by molar-refractivity contribution is 6.34. The lowest BCUT2D eigenvalue weighted by atomic mass is 9.86. The van der Waals surface area contributed by atoms with Crippen molar-refractivity contribution < 1.29 is 8.78 Å². The highest BCUT2D eigenvalue weighted by atomic mass is 35.5. The highest BCUT2D eigenvalue weighted by Crippen LogP contribution is 2.36. The van der Waals surface area contributed by atoms with Crippen LogP contribution in [0.4, 0.5) is 14.5 Å². The molecule has 0 aliphatic carbocycles. The molecule has 0 amide bonds. The molecule has 4 heteroatoms. The van der Waals surface area contributed by atoms with Crippen LogP contribution in [0.5, 0.6) is 0 Å². The molecule has 0 aliphatic rings. The zero-order valence-corrected chi connectivity index (χ0v) is 9.04. The van der Waals surface area contributed by atoms with Crippen LogP contribution in [-0.4, -0.2) is 0 Å². The topological polar surface area (TPSA) is 26.0 Å². The summed E-state index contributed by atoms with van der Waals surface area (Å²) in [6.45, 7) is 5.24. The van der Waals surface area contributed by atoms with Gasteiger partial charge in [-0.3, -0.25) is 0 Å². The number of halogens is 3. The summed E-state index contributed by atoms with van der Waals surface area (Å²) in [6.07, 6.45) is 0. The maximum absolute atomic E-state index is 13.4. The molecule has 0 aromatic heterocycles. The first-order valence-corrected chi connectivity index (χ1v) is 4.56. The summed E-state index contributed by atoms with van der Waals surface area (Å²) in [6, 6.07) is 0.896. The van der Waals surface area contributed by atoms with Crippen molar-refractivity contribution in [3.63, 3.8) is 0 Å². The van der Waals surface area contributed by atoms with Crippen LogP contribution in [0.3, 0.4) is 0 Å². The van der Waals surface area contributed by atoms with Gasteiger partial charge in [-0.25, -0.2) is 8.78 Å². The van der Waals surface area contributed by atoms with E-state index in [1.807, 2.05) is 0 Å². The van der Waals surface area contributed by atoms with E-state index in [4.69, 9.17) is 17.3 Å². The maximum Gasteiger partial charge on any atom is 0.164 e. The number of anilines is 1. The maximum atomic E-state index is 13.4. The Labute approximate surface area is 86.9 Å². The van der Waals surface area contributed by atoms with Crippen LogP contribution in [0, 0.1) is 11.6 Å². The van der Waals surface area contributed by atoms with Crippen LogP contribution in [0.25, 0.3) is 0 Å². The van der Waals surface area contributed by atoms with E-state index in [0.29, 0.717) is 0 Å². The van der Waals surface area contributed by atoms with Gasteiger partial charge in [0.15, 0.2) is 11.6 Å². The largest absolute Gasteiger partial charge is 0.397 e. The second-order valence-electron chi connectivity index (χ2n) is 4.20. The Bertz CT molecular complexity index is 343. The molecule has 0 fully saturated rings. The van der Waals surface area contributed by atoms with E-state index in [0.717, 1.165) is 6.07 Å². The molecule has 2 N–H and O–H groups in total. The number of rotatable bonds is 0. The fourth-order valence-corrected chi connectivity index (χ4v) is 1.70. The van der Waals surface area contributed by atoms with Crippen molar-refractivity contribution >= 4 is 17.3 Å². The van der Waals surface area contributed by atoms with Gasteiger partial charge in [-0.05, 0) is 5.41 Å². The molecule has 78 valence electrons. The number of nitrogens with two attached hydrogens (primary N) is 1. The molecule has 1 nitrogen and oxygen atoms in total. The summed E-state index contributed by atoms with van der Waals surface area (Å²) in [5.74, 6) is -1.88. The minimum atomic E-state index is -0.961. The van der Waals surface area contributed by atoms with Crippen molar-refractivity contribution in [3.05, 3.63) is 28.3 Å². The van der Waals surface area contributed by atoms with Gasteiger partial charge in [-0.1, -0.05) is 32.4 Å². The summed E-state index contributed by atoms with van der Waals surface area (Å²) in [7, 11) is 0. The number of benzene rings is 1. The summed E-state index contributed by atoms with van der Waals surface area (Å²) < 4.78 is 26.5. The van der Waals surface area contributed by atoms with E-state index < -0.39 is 17.0 Å². The predicted molar refractivity (Wildman–Crippen MR) is 54.5 cm³/mol. The molecular weight excluding hydrogens is 208 g/mol. The lowest BCUT2D eigenvalue weighted by molar-refractivity contribution is 0.465. The number of hydrogen-bond donors (Lipinski definition) is 1. The van der Waals surface area contributed by atoms with Gasteiger partial charge in [0.2, 0.25) is 0 Å². The highest BCUT2D eigenvalue weighted by Gasteiger charge is 2.25. The second kappa shape index (κ2) is 3.39. The third-order valence-electron chi connectivity index (χ3n) is 1.93. The number of hydrogen-bond acceptors (Lipinski definition) is 1. The molecule has 14 heavy (non-hydrogen) atoms. The Balaban J connectivity index is 3.56. The van der Waals surface area contributed by atoms with E-state index in [9.17, 15) is 8.78 Å². The smallest absolute Gasteiger partial charge is 0.164 e. The van der Waals surface area contributed by atoms with Gasteiger partial charge in [0, 0.05) is 11.6 Å². The molecule has 1 rings (SSSR count). The van der Waals surface area contributed by atoms with Gasteiger partial charge in [0.25, 0.3) is 0 Å². The van der Waals surface area contributed by atoms with Crippen molar-refractivity contribution in [1.82, 2.24) is 0 Å². The lowest BCUT2D eigenvalue weighted by Crippen LogP contribution is -2.16. The Hall–Kier alpha value is -0.830. The van der Waals surface area contributed by atoms with Crippen molar-refractivity contribution in [2.75, 3.05) is 5.73 Å². The first kappa shape index (κ1) is 11.2. The molecule has 0 unspecified atom stereocenters. The summed E-state index contributed by atoms with van der Waals surface area (Å²) in [5, 5.41) is 0.0939. The summed E-state index contributed by atoms with van der Waals surface area (Å²) in [5.41, 5.74) is 5.06. The quantitative estimate of drug-likeness (QED) is 0.525. The van der Waals surface area contributed by atoms with Crippen molar-refractivity contribution in [1.29, 1.82) is 0 Å². The lowest BCUT2D eigenvalue weighted by Gasteiger charge is -2.22. The molecular formula is C10H12ClF2N. The van der Waals surface area contributed by atoms with Gasteiger partial charge in [-0.15, -0.1) is 0 Å². The van der Waals surface area contributed by atoms with Crippen molar-refractivity contribution in [2.45, 2.75) is 26.2 Å². The molecule has 0 bridgehead atoms. The fraction of sp³-hybridized carbons (Fsp3) is 0.400. The predicted octanol–water partition coefficient (Wildman–Crippen LogP) is 3.50. The van der Waals surface area contributed by atoms with Crippen molar-refractivity contribution in [2.24, 2.45) is 0 Å². The normalized spacial score (nSPS) is 11.9. The SMILES string of the molecule is CC(C)(C)c1c(F)c(F)cc(N)c1Cl. The minimum absolute atomic E-state index is 0.0653.